The van der Waals surface area contributed by atoms with E-state index in [1.165, 1.54) is 21.3 Å². The SMILES string of the molecule is CCc1c(C)c2cc3[nH]c(cc4nc(c(C(=O)OC)c5nc(cc1[nH]2)C(C)=C5C(=O)OC)[C@@H](CCC(=O)OC)[C@@H]4C)c(C)c3C1CCN=N1. The lowest BCUT2D eigenvalue weighted by atomic mass is 9.85. The van der Waals surface area contributed by atoms with Crippen LogP contribution in [-0.2, 0) is 30.2 Å². The third kappa shape index (κ3) is 5.83. The minimum absolute atomic E-state index is 0.0613. The number of hydrogen-bond donors (Lipinski definition) is 2. The van der Waals surface area contributed by atoms with Crippen LogP contribution in [0.5, 0.6) is 0 Å². The van der Waals surface area contributed by atoms with Gasteiger partial charge in [-0.2, -0.15) is 10.2 Å². The Bertz CT molecular complexity index is 2110. The number of methoxy groups -OCH3 is 3. The van der Waals surface area contributed by atoms with Gasteiger partial charge in [-0.1, -0.05) is 13.8 Å². The van der Waals surface area contributed by atoms with E-state index in [1.54, 1.807) is 6.92 Å². The summed E-state index contributed by atoms with van der Waals surface area (Å²) in [5, 5.41) is 8.88. The second-order valence-corrected chi connectivity index (χ2v) is 12.8. The zero-order valence-corrected chi connectivity index (χ0v) is 29.2. The van der Waals surface area contributed by atoms with Crippen molar-refractivity contribution < 1.29 is 28.6 Å². The van der Waals surface area contributed by atoms with Gasteiger partial charge in [0.15, 0.2) is 0 Å². The standard InChI is InChI=1S/C37H42N6O6/c1-9-21-17(2)24-16-29-31(23-12-13-38-43-23)19(4)26(40-29)14-25-18(3)22(10-11-30(44)47-6)34(41-25)33(37(46)49-8)35-32(36(45)48-7)20(5)27(42-35)15-28(21)39-24/h14-16,18,22-23,39-40H,9-13H2,1-8H3/t18-,22-,23?/m0/s1. The summed E-state index contributed by atoms with van der Waals surface area (Å²) in [6.07, 6.45) is 2.02. The molecule has 0 saturated carbocycles. The van der Waals surface area contributed by atoms with Crippen LogP contribution in [0, 0.1) is 13.8 Å². The second kappa shape index (κ2) is 13.4. The van der Waals surface area contributed by atoms with Gasteiger partial charge >= 0.3 is 17.9 Å². The van der Waals surface area contributed by atoms with Crippen LogP contribution in [0.3, 0.4) is 0 Å². The summed E-state index contributed by atoms with van der Waals surface area (Å²) in [7, 11) is 3.93. The minimum atomic E-state index is -0.695. The number of hydrogen-bond acceptors (Lipinski definition) is 10. The number of aryl methyl sites for hydroxylation is 3. The first-order valence-corrected chi connectivity index (χ1v) is 16.6. The topological polar surface area (TPSA) is 161 Å². The van der Waals surface area contributed by atoms with Crippen LogP contribution in [0.4, 0.5) is 0 Å². The summed E-state index contributed by atoms with van der Waals surface area (Å²) in [4.78, 5) is 56.9. The number of nitrogens with one attached hydrogen (secondary N) is 2. The number of allylic oxidation sites excluding steroid dienone is 1. The first-order valence-electron chi connectivity index (χ1n) is 16.6. The zero-order chi connectivity index (χ0) is 35.1. The van der Waals surface area contributed by atoms with Crippen LogP contribution in [0.2, 0.25) is 0 Å². The molecule has 12 nitrogen and oxygen atoms in total. The predicted octanol–water partition coefficient (Wildman–Crippen LogP) is 7.12. The molecule has 0 radical (unpaired) electrons. The largest absolute Gasteiger partial charge is 0.469 e. The average molecular weight is 667 g/mol. The van der Waals surface area contributed by atoms with E-state index in [4.69, 9.17) is 24.2 Å². The molecule has 12 heteroatoms. The highest BCUT2D eigenvalue weighted by Crippen LogP contribution is 2.44. The fourth-order valence-electron chi connectivity index (χ4n) is 7.37. The summed E-state index contributed by atoms with van der Waals surface area (Å²) in [5.74, 6) is -2.32. The van der Waals surface area contributed by atoms with Crippen LogP contribution in [-0.4, -0.2) is 65.7 Å². The summed E-state index contributed by atoms with van der Waals surface area (Å²) < 4.78 is 15.5. The van der Waals surface area contributed by atoms with Crippen molar-refractivity contribution in [2.75, 3.05) is 27.9 Å². The molecule has 256 valence electrons. The number of aromatic nitrogens is 4. The van der Waals surface area contributed by atoms with Gasteiger partial charge in [0.1, 0.15) is 5.56 Å². The minimum Gasteiger partial charge on any atom is -0.469 e. The molecule has 0 saturated heterocycles. The molecule has 1 unspecified atom stereocenters. The highest BCUT2D eigenvalue weighted by molar-refractivity contribution is 6.26. The molecule has 3 aliphatic rings. The number of azo groups is 1. The molecule has 3 aliphatic heterocycles. The van der Waals surface area contributed by atoms with Crippen molar-refractivity contribution in [3.63, 3.8) is 0 Å². The molecule has 2 N–H and O–H groups in total. The second-order valence-electron chi connectivity index (χ2n) is 12.8. The number of nitrogens with zero attached hydrogens (tertiary/aromatic N) is 4. The molecule has 3 atom stereocenters. The van der Waals surface area contributed by atoms with Gasteiger partial charge in [0.05, 0.1) is 56.6 Å². The van der Waals surface area contributed by atoms with Gasteiger partial charge in [0.25, 0.3) is 0 Å². The first kappa shape index (κ1) is 33.8. The molecule has 0 amide bonds. The molecule has 8 bridgehead atoms. The number of ether oxygens (including phenoxy) is 3. The van der Waals surface area contributed by atoms with Crippen molar-refractivity contribution in [3.05, 3.63) is 68.8 Å². The van der Waals surface area contributed by atoms with E-state index >= 15 is 0 Å². The fourth-order valence-corrected chi connectivity index (χ4v) is 7.37. The molecular formula is C37H42N6O6. The Labute approximate surface area is 284 Å². The van der Waals surface area contributed by atoms with E-state index in [-0.39, 0.29) is 41.2 Å². The fraction of sp³-hybridized carbons (Fsp3) is 0.432. The van der Waals surface area contributed by atoms with E-state index in [2.05, 4.69) is 47.0 Å². The van der Waals surface area contributed by atoms with Gasteiger partial charge in [-0.3, -0.25) is 9.78 Å². The summed E-state index contributed by atoms with van der Waals surface area (Å²) >= 11 is 0. The number of esters is 3. The number of fused-ring (bicyclic) bond motifs is 8. The Kier molecular flexibility index (Phi) is 9.24. The number of aromatic amines is 2. The van der Waals surface area contributed by atoms with E-state index < -0.39 is 17.9 Å². The summed E-state index contributed by atoms with van der Waals surface area (Å²) in [6.45, 7) is 10.7. The molecule has 0 aliphatic carbocycles. The zero-order valence-electron chi connectivity index (χ0n) is 29.2. The molecule has 49 heavy (non-hydrogen) atoms. The van der Waals surface area contributed by atoms with Crippen LogP contribution in [0.25, 0.3) is 33.2 Å². The van der Waals surface area contributed by atoms with Gasteiger partial charge in [-0.05, 0) is 80.5 Å². The number of rotatable bonds is 7. The van der Waals surface area contributed by atoms with Gasteiger partial charge in [-0.25, -0.2) is 14.6 Å². The number of carbonyl (C=O) groups excluding carboxylic acids is 3. The molecule has 3 aromatic rings. The summed E-state index contributed by atoms with van der Waals surface area (Å²) in [6, 6.07) is 5.95. The van der Waals surface area contributed by atoms with Crippen molar-refractivity contribution >= 4 is 51.1 Å². The van der Waals surface area contributed by atoms with Gasteiger partial charge < -0.3 is 24.2 Å². The van der Waals surface area contributed by atoms with Crippen molar-refractivity contribution in [3.8, 4) is 0 Å². The third-order valence-electron chi connectivity index (χ3n) is 10.1. The van der Waals surface area contributed by atoms with Crippen LogP contribution in [0.15, 0.2) is 28.4 Å². The van der Waals surface area contributed by atoms with E-state index in [9.17, 15) is 14.4 Å². The van der Waals surface area contributed by atoms with Gasteiger partial charge in [0, 0.05) is 51.6 Å². The molecule has 0 fully saturated rings. The van der Waals surface area contributed by atoms with E-state index in [0.717, 1.165) is 57.2 Å². The number of H-pyrrole nitrogens is 2. The Morgan fingerprint density at radius 2 is 1.59 bits per heavy atom. The molecule has 6 rings (SSSR count). The molecule has 6 heterocycles. The third-order valence-corrected chi connectivity index (χ3v) is 10.1. The predicted molar refractivity (Wildman–Crippen MR) is 185 cm³/mol. The maximum absolute atomic E-state index is 13.8. The van der Waals surface area contributed by atoms with Crippen molar-refractivity contribution in [1.82, 2.24) is 19.9 Å². The van der Waals surface area contributed by atoms with Crippen molar-refractivity contribution in [2.45, 2.75) is 78.2 Å². The monoisotopic (exact) mass is 666 g/mol. The average Bonchev–Trinajstić information content (AvgIpc) is 3.90. The van der Waals surface area contributed by atoms with Crippen LogP contribution < -0.4 is 0 Å². The molecule has 3 aromatic heterocycles. The van der Waals surface area contributed by atoms with Gasteiger partial charge in [0.2, 0.25) is 0 Å². The Hall–Kier alpha value is -5.13. The maximum Gasteiger partial charge on any atom is 0.341 e. The van der Waals surface area contributed by atoms with Crippen LogP contribution in [0.1, 0.15) is 113 Å². The molecule has 0 spiro atoms. The van der Waals surface area contributed by atoms with E-state index in [1.807, 2.05) is 19.1 Å². The molecular weight excluding hydrogens is 624 g/mol. The lowest BCUT2D eigenvalue weighted by molar-refractivity contribution is -0.140. The van der Waals surface area contributed by atoms with Gasteiger partial charge in [-0.15, -0.1) is 0 Å². The van der Waals surface area contributed by atoms with Crippen molar-refractivity contribution in [2.24, 2.45) is 10.2 Å². The Morgan fingerprint density at radius 3 is 2.24 bits per heavy atom. The highest BCUT2D eigenvalue weighted by atomic mass is 16.5. The van der Waals surface area contributed by atoms with E-state index in [0.29, 0.717) is 35.6 Å². The molecule has 0 aromatic carbocycles. The normalized spacial score (nSPS) is 18.6. The smallest absolute Gasteiger partial charge is 0.341 e. The lowest BCUT2D eigenvalue weighted by Crippen LogP contribution is -2.15. The maximum atomic E-state index is 13.8. The lowest BCUT2D eigenvalue weighted by Gasteiger charge is -2.17. The Morgan fingerprint density at radius 1 is 0.878 bits per heavy atom. The van der Waals surface area contributed by atoms with Crippen LogP contribution >= 0.6 is 0 Å². The summed E-state index contributed by atoms with van der Waals surface area (Å²) in [5.41, 5.74) is 10.4. The highest BCUT2D eigenvalue weighted by Gasteiger charge is 2.38. The Balaban J connectivity index is 1.81. The quantitative estimate of drug-likeness (QED) is 0.199. The number of carbonyl (C=O) groups is 3. The van der Waals surface area contributed by atoms with Crippen molar-refractivity contribution in [1.29, 1.82) is 0 Å². The first-order chi connectivity index (χ1) is 23.5.